The van der Waals surface area contributed by atoms with Crippen LogP contribution in [0.2, 0.25) is 0 Å². The molecule has 3 aromatic carbocycles. The molecule has 39 heavy (non-hydrogen) atoms. The number of pyridine rings is 2. The Morgan fingerprint density at radius 2 is 1.59 bits per heavy atom. The summed E-state index contributed by atoms with van der Waals surface area (Å²) in [7, 11) is 0. The van der Waals surface area contributed by atoms with E-state index in [1.165, 1.54) is 12.0 Å². The Morgan fingerprint density at radius 1 is 0.795 bits per heavy atom. The molecule has 4 heterocycles. The van der Waals surface area contributed by atoms with E-state index in [1.54, 1.807) is 0 Å². The molecule has 188 valence electrons. The van der Waals surface area contributed by atoms with E-state index in [9.17, 15) is 0 Å². The molecular formula is C33H26N6. The zero-order valence-corrected chi connectivity index (χ0v) is 21.3. The van der Waals surface area contributed by atoms with Crippen molar-refractivity contribution >= 4 is 22.4 Å². The fourth-order valence-electron chi connectivity index (χ4n) is 5.92. The fourth-order valence-corrected chi connectivity index (χ4v) is 5.92. The van der Waals surface area contributed by atoms with E-state index in [0.717, 1.165) is 74.8 Å². The fraction of sp³-hybridized carbons (Fsp3) is 0.121. The van der Waals surface area contributed by atoms with Crippen LogP contribution in [0.4, 0.5) is 11.5 Å². The van der Waals surface area contributed by atoms with Crippen LogP contribution >= 0.6 is 0 Å². The molecule has 0 saturated heterocycles. The minimum Gasteiger partial charge on any atom is -0.338 e. The predicted molar refractivity (Wildman–Crippen MR) is 156 cm³/mol. The third-order valence-corrected chi connectivity index (χ3v) is 8.18. The SMILES string of the molecule is NC1(c2ccc(-c3c(-c4ccc5ncccc5c4)nc4n3-c3cccnc3Nc3ccccc3-4)cc2)CCC1. The summed E-state index contributed by atoms with van der Waals surface area (Å²) in [6.45, 7) is 0. The highest BCUT2D eigenvalue weighted by molar-refractivity contribution is 5.93. The van der Waals surface area contributed by atoms with Crippen LogP contribution < -0.4 is 11.1 Å². The molecule has 3 aromatic heterocycles. The zero-order valence-electron chi connectivity index (χ0n) is 21.3. The van der Waals surface area contributed by atoms with Gasteiger partial charge in [0, 0.05) is 40.0 Å². The third kappa shape index (κ3) is 3.42. The second-order valence-corrected chi connectivity index (χ2v) is 10.5. The lowest BCUT2D eigenvalue weighted by Gasteiger charge is -2.38. The number of nitrogens with zero attached hydrogens (tertiary/aromatic N) is 4. The predicted octanol–water partition coefficient (Wildman–Crippen LogP) is 7.21. The van der Waals surface area contributed by atoms with Crippen LogP contribution in [0.15, 0.2) is 103 Å². The first kappa shape index (κ1) is 22.2. The van der Waals surface area contributed by atoms with Crippen molar-refractivity contribution < 1.29 is 0 Å². The number of imidazole rings is 1. The molecule has 0 radical (unpaired) electrons. The normalized spacial score (nSPS) is 14.9. The Balaban J connectivity index is 1.43. The van der Waals surface area contributed by atoms with Crippen molar-refractivity contribution in [3.63, 3.8) is 0 Å². The zero-order chi connectivity index (χ0) is 26.0. The van der Waals surface area contributed by atoms with E-state index in [2.05, 4.69) is 87.7 Å². The summed E-state index contributed by atoms with van der Waals surface area (Å²) in [6.07, 6.45) is 6.90. The first-order valence-corrected chi connectivity index (χ1v) is 13.4. The largest absolute Gasteiger partial charge is 0.338 e. The van der Waals surface area contributed by atoms with Crippen molar-refractivity contribution in [2.45, 2.75) is 24.8 Å². The quantitative estimate of drug-likeness (QED) is 0.265. The van der Waals surface area contributed by atoms with E-state index in [0.29, 0.717) is 0 Å². The van der Waals surface area contributed by atoms with Crippen LogP contribution in [0.3, 0.4) is 0 Å². The van der Waals surface area contributed by atoms with E-state index < -0.39 is 0 Å². The molecule has 1 aliphatic carbocycles. The maximum absolute atomic E-state index is 6.67. The lowest BCUT2D eigenvalue weighted by atomic mass is 9.72. The molecule has 1 aliphatic heterocycles. The van der Waals surface area contributed by atoms with Crippen LogP contribution in [0, 0.1) is 0 Å². The summed E-state index contributed by atoms with van der Waals surface area (Å²) in [5.74, 6) is 1.67. The lowest BCUT2D eigenvalue weighted by molar-refractivity contribution is 0.253. The Hall–Kier alpha value is -4.81. The maximum Gasteiger partial charge on any atom is 0.154 e. The van der Waals surface area contributed by atoms with Crippen molar-refractivity contribution in [2.75, 3.05) is 5.32 Å². The topological polar surface area (TPSA) is 81.7 Å². The number of nitrogens with two attached hydrogens (primary N) is 1. The van der Waals surface area contributed by atoms with E-state index in [1.807, 2.05) is 30.6 Å². The molecule has 0 unspecified atom stereocenters. The number of aromatic nitrogens is 4. The Morgan fingerprint density at radius 3 is 2.44 bits per heavy atom. The Bertz CT molecular complexity index is 1880. The smallest absolute Gasteiger partial charge is 0.154 e. The Labute approximate surface area is 226 Å². The standard InChI is InChI=1S/C33H26N6/c34-33(16-5-17-33)24-13-10-21(11-14-24)30-29(23-12-15-26-22(20-23)6-3-18-35-26)38-32-25-7-1-2-8-27(25)37-31-28(39(30)32)9-4-19-36-31/h1-4,6-15,18-20H,5,16-17,34H2,(H,36,37). The first-order chi connectivity index (χ1) is 19.2. The molecule has 6 nitrogen and oxygen atoms in total. The summed E-state index contributed by atoms with van der Waals surface area (Å²) < 4.78 is 2.25. The van der Waals surface area contributed by atoms with E-state index in [-0.39, 0.29) is 5.54 Å². The van der Waals surface area contributed by atoms with Gasteiger partial charge in [0.15, 0.2) is 5.82 Å². The van der Waals surface area contributed by atoms with Crippen LogP contribution in [-0.2, 0) is 5.54 Å². The molecule has 0 atom stereocenters. The van der Waals surface area contributed by atoms with Gasteiger partial charge in [-0.2, -0.15) is 0 Å². The molecule has 2 aliphatic rings. The first-order valence-electron chi connectivity index (χ1n) is 13.4. The van der Waals surface area contributed by atoms with Gasteiger partial charge in [0.05, 0.1) is 28.3 Å². The monoisotopic (exact) mass is 506 g/mol. The van der Waals surface area contributed by atoms with Crippen LogP contribution in [0.5, 0.6) is 0 Å². The van der Waals surface area contributed by atoms with Crippen LogP contribution in [0.1, 0.15) is 24.8 Å². The second kappa shape index (κ2) is 8.35. The van der Waals surface area contributed by atoms with Crippen molar-refractivity contribution in [3.8, 4) is 39.6 Å². The molecule has 0 amide bonds. The van der Waals surface area contributed by atoms with Gasteiger partial charge in [0.25, 0.3) is 0 Å². The van der Waals surface area contributed by atoms with Crippen LogP contribution in [-0.4, -0.2) is 19.5 Å². The molecule has 1 saturated carbocycles. The number of nitrogens with one attached hydrogen (secondary N) is 1. The number of fused-ring (bicyclic) bond motifs is 6. The summed E-state index contributed by atoms with van der Waals surface area (Å²) >= 11 is 0. The number of hydrogen-bond acceptors (Lipinski definition) is 5. The summed E-state index contributed by atoms with van der Waals surface area (Å²) in [6, 6.07) is 31.6. The van der Waals surface area contributed by atoms with Gasteiger partial charge in [0.1, 0.15) is 5.82 Å². The summed E-state index contributed by atoms with van der Waals surface area (Å²) in [5, 5.41) is 4.63. The van der Waals surface area contributed by atoms with Crippen molar-refractivity contribution in [1.29, 1.82) is 0 Å². The molecule has 1 fully saturated rings. The van der Waals surface area contributed by atoms with Gasteiger partial charge in [0.2, 0.25) is 0 Å². The number of rotatable bonds is 3. The van der Waals surface area contributed by atoms with E-state index in [4.69, 9.17) is 15.7 Å². The lowest BCUT2D eigenvalue weighted by Crippen LogP contribution is -2.43. The van der Waals surface area contributed by atoms with Crippen molar-refractivity contribution in [1.82, 2.24) is 19.5 Å². The molecule has 6 heteroatoms. The molecule has 8 rings (SSSR count). The highest BCUT2D eigenvalue weighted by Gasteiger charge is 2.34. The van der Waals surface area contributed by atoms with Gasteiger partial charge < -0.3 is 11.1 Å². The number of hydrogen-bond donors (Lipinski definition) is 2. The Kier molecular flexibility index (Phi) is 4.75. The minimum absolute atomic E-state index is 0.208. The highest BCUT2D eigenvalue weighted by atomic mass is 15.2. The summed E-state index contributed by atoms with van der Waals surface area (Å²) in [4.78, 5) is 14.6. The molecule has 0 bridgehead atoms. The third-order valence-electron chi connectivity index (χ3n) is 8.18. The van der Waals surface area contributed by atoms with Crippen LogP contribution in [0.25, 0.3) is 50.5 Å². The van der Waals surface area contributed by atoms with Gasteiger partial charge in [-0.3, -0.25) is 9.55 Å². The highest BCUT2D eigenvalue weighted by Crippen LogP contribution is 2.45. The van der Waals surface area contributed by atoms with Crippen molar-refractivity contribution in [3.05, 3.63) is 109 Å². The van der Waals surface area contributed by atoms with Crippen molar-refractivity contribution in [2.24, 2.45) is 5.73 Å². The van der Waals surface area contributed by atoms with Gasteiger partial charge in [-0.1, -0.05) is 48.5 Å². The number of para-hydroxylation sites is 1. The van der Waals surface area contributed by atoms with Gasteiger partial charge in [-0.25, -0.2) is 9.97 Å². The molecule has 6 aromatic rings. The number of benzene rings is 3. The maximum atomic E-state index is 6.67. The van der Waals surface area contributed by atoms with E-state index >= 15 is 0 Å². The van der Waals surface area contributed by atoms with Gasteiger partial charge >= 0.3 is 0 Å². The summed E-state index contributed by atoms with van der Waals surface area (Å²) in [5.41, 5.74) is 15.6. The van der Waals surface area contributed by atoms with Gasteiger partial charge in [-0.15, -0.1) is 0 Å². The second-order valence-electron chi connectivity index (χ2n) is 10.5. The average molecular weight is 507 g/mol. The number of anilines is 2. The molecule has 0 spiro atoms. The molecular weight excluding hydrogens is 480 g/mol. The minimum atomic E-state index is -0.208. The average Bonchev–Trinajstić information content (AvgIpc) is 3.30. The molecule has 3 N–H and O–H groups in total. The van der Waals surface area contributed by atoms with Gasteiger partial charge in [-0.05, 0) is 67.3 Å².